The van der Waals surface area contributed by atoms with Crippen LogP contribution in [0.25, 0.3) is 0 Å². The highest BCUT2D eigenvalue weighted by Gasteiger charge is 2.41. The summed E-state index contributed by atoms with van der Waals surface area (Å²) in [7, 11) is 0. The lowest BCUT2D eigenvalue weighted by Crippen LogP contribution is -2.40. The van der Waals surface area contributed by atoms with E-state index >= 15 is 0 Å². The molecular weight excluding hydrogens is 247 g/mol. The van der Waals surface area contributed by atoms with Gasteiger partial charge in [-0.15, -0.1) is 0 Å². The van der Waals surface area contributed by atoms with Crippen LogP contribution in [0.15, 0.2) is 24.3 Å². The van der Waals surface area contributed by atoms with Crippen molar-refractivity contribution in [2.45, 2.75) is 25.6 Å². The Bertz CT molecular complexity index is 406. The average Bonchev–Trinajstić information content (AvgIpc) is 2.28. The van der Waals surface area contributed by atoms with Gasteiger partial charge in [-0.05, 0) is 19.9 Å². The van der Waals surface area contributed by atoms with E-state index in [1.165, 1.54) is 19.1 Å². The molecule has 0 saturated heterocycles. The summed E-state index contributed by atoms with van der Waals surface area (Å²) in [6, 6.07) is 6.24. The number of rotatable bonds is 4. The molecule has 0 amide bonds. The molecule has 5 heteroatoms. The molecule has 0 bridgehead atoms. The number of esters is 1. The van der Waals surface area contributed by atoms with E-state index < -0.39 is 17.7 Å². The summed E-state index contributed by atoms with van der Waals surface area (Å²) in [5.74, 6) is -1.10. The highest BCUT2D eigenvalue weighted by Crippen LogP contribution is 2.32. The molecule has 3 nitrogen and oxygen atoms in total. The van der Waals surface area contributed by atoms with Crippen molar-refractivity contribution < 1.29 is 19.0 Å². The first-order chi connectivity index (χ1) is 7.91. The van der Waals surface area contributed by atoms with E-state index in [0.29, 0.717) is 0 Å². The first-order valence-electron chi connectivity index (χ1n) is 5.19. The van der Waals surface area contributed by atoms with Crippen LogP contribution in [0.3, 0.4) is 0 Å². The lowest BCUT2D eigenvalue weighted by molar-refractivity contribution is -0.160. The van der Waals surface area contributed by atoms with Crippen LogP contribution in [-0.2, 0) is 15.1 Å². The fourth-order valence-electron chi connectivity index (χ4n) is 1.45. The van der Waals surface area contributed by atoms with Crippen molar-refractivity contribution in [1.82, 2.24) is 0 Å². The van der Waals surface area contributed by atoms with Crippen molar-refractivity contribution in [3.8, 4) is 0 Å². The molecule has 1 rings (SSSR count). The van der Waals surface area contributed by atoms with Crippen LogP contribution in [0.2, 0.25) is 5.02 Å². The lowest BCUT2D eigenvalue weighted by atomic mass is 9.91. The summed E-state index contributed by atoms with van der Waals surface area (Å²) >= 11 is 5.86. The normalized spacial score (nSPS) is 16.1. The highest BCUT2D eigenvalue weighted by atomic mass is 35.5. The molecule has 17 heavy (non-hydrogen) atoms. The van der Waals surface area contributed by atoms with Crippen molar-refractivity contribution in [2.75, 3.05) is 6.61 Å². The number of ether oxygens (including phenoxy) is 1. The molecule has 2 unspecified atom stereocenters. The molecule has 0 aromatic heterocycles. The van der Waals surface area contributed by atoms with Gasteiger partial charge in [0.05, 0.1) is 6.61 Å². The third kappa shape index (κ3) is 2.96. The van der Waals surface area contributed by atoms with Gasteiger partial charge in [-0.25, -0.2) is 9.18 Å². The van der Waals surface area contributed by atoms with Crippen molar-refractivity contribution >= 4 is 17.6 Å². The van der Waals surface area contributed by atoms with Crippen molar-refractivity contribution in [3.63, 3.8) is 0 Å². The van der Waals surface area contributed by atoms with Crippen molar-refractivity contribution in [2.24, 2.45) is 0 Å². The number of alkyl halides is 1. The fourth-order valence-corrected chi connectivity index (χ4v) is 1.78. The minimum atomic E-state index is -2.18. The summed E-state index contributed by atoms with van der Waals surface area (Å²) in [6.45, 7) is 2.81. The molecule has 0 aliphatic carbocycles. The zero-order chi connectivity index (χ0) is 13.1. The number of carbonyl (C=O) groups is 1. The molecule has 0 spiro atoms. The van der Waals surface area contributed by atoms with Gasteiger partial charge >= 0.3 is 5.97 Å². The minimum absolute atomic E-state index is 0.0534. The smallest absolute Gasteiger partial charge is 0.344 e. The quantitative estimate of drug-likeness (QED) is 0.846. The van der Waals surface area contributed by atoms with Crippen LogP contribution >= 0.6 is 11.6 Å². The number of aliphatic hydroxyl groups is 1. The Morgan fingerprint density at radius 1 is 1.59 bits per heavy atom. The monoisotopic (exact) mass is 260 g/mol. The van der Waals surface area contributed by atoms with Crippen LogP contribution in [0.1, 0.15) is 19.4 Å². The Morgan fingerprint density at radius 2 is 2.18 bits per heavy atom. The second-order valence-electron chi connectivity index (χ2n) is 3.74. The molecular formula is C12H14ClFO3. The fraction of sp³-hybridized carbons (Fsp3) is 0.417. The van der Waals surface area contributed by atoms with Crippen LogP contribution < -0.4 is 0 Å². The molecule has 0 aliphatic rings. The second kappa shape index (κ2) is 5.47. The van der Waals surface area contributed by atoms with Crippen LogP contribution in [0, 0.1) is 0 Å². The van der Waals surface area contributed by atoms with E-state index in [0.717, 1.165) is 0 Å². The van der Waals surface area contributed by atoms with Gasteiger partial charge in [0.2, 0.25) is 6.17 Å². The molecule has 1 N–H and O–H groups in total. The number of hydrogen-bond donors (Lipinski definition) is 1. The second-order valence-corrected chi connectivity index (χ2v) is 4.15. The van der Waals surface area contributed by atoms with Gasteiger partial charge in [-0.1, -0.05) is 29.8 Å². The van der Waals surface area contributed by atoms with Gasteiger partial charge < -0.3 is 9.84 Å². The van der Waals surface area contributed by atoms with Gasteiger partial charge in [-0.2, -0.15) is 0 Å². The Kier molecular flexibility index (Phi) is 4.48. The maximum atomic E-state index is 13.8. The largest absolute Gasteiger partial charge is 0.464 e. The average molecular weight is 261 g/mol. The number of halogens is 2. The summed E-state index contributed by atoms with van der Waals surface area (Å²) < 4.78 is 18.4. The Balaban J connectivity index is 3.02. The molecule has 0 radical (unpaired) electrons. The molecule has 1 aromatic rings. The topological polar surface area (TPSA) is 46.5 Å². The number of carbonyl (C=O) groups excluding carboxylic acids is 1. The standard InChI is InChI=1S/C12H14ClFO3/c1-3-17-11(15)10(14)12(2,16)8-6-4-5-7-9(8)13/h4-7,10,16H,3H2,1-2H3. The zero-order valence-electron chi connectivity index (χ0n) is 9.61. The Labute approximate surface area is 104 Å². The maximum absolute atomic E-state index is 13.8. The van der Waals surface area contributed by atoms with Gasteiger partial charge in [0.25, 0.3) is 0 Å². The zero-order valence-corrected chi connectivity index (χ0v) is 10.4. The van der Waals surface area contributed by atoms with Crippen molar-refractivity contribution in [1.29, 1.82) is 0 Å². The van der Waals surface area contributed by atoms with E-state index in [4.69, 9.17) is 11.6 Å². The predicted molar refractivity (Wildman–Crippen MR) is 62.6 cm³/mol. The third-order valence-electron chi connectivity index (χ3n) is 2.41. The van der Waals surface area contributed by atoms with Crippen LogP contribution in [-0.4, -0.2) is 23.9 Å². The number of hydrogen-bond acceptors (Lipinski definition) is 3. The molecule has 94 valence electrons. The van der Waals surface area contributed by atoms with E-state index in [1.54, 1.807) is 19.1 Å². The summed E-state index contributed by atoms with van der Waals surface area (Å²) in [5.41, 5.74) is -1.85. The molecule has 0 saturated carbocycles. The van der Waals surface area contributed by atoms with Gasteiger partial charge in [0, 0.05) is 10.6 Å². The summed E-state index contributed by atoms with van der Waals surface area (Å²) in [4.78, 5) is 11.3. The number of benzene rings is 1. The summed E-state index contributed by atoms with van der Waals surface area (Å²) in [5, 5.41) is 10.3. The molecule has 0 heterocycles. The highest BCUT2D eigenvalue weighted by molar-refractivity contribution is 6.31. The first kappa shape index (κ1) is 13.9. The molecule has 1 aromatic carbocycles. The predicted octanol–water partition coefficient (Wildman–Crippen LogP) is 2.45. The van der Waals surface area contributed by atoms with Gasteiger partial charge in [-0.3, -0.25) is 0 Å². The van der Waals surface area contributed by atoms with Crippen LogP contribution in [0.4, 0.5) is 4.39 Å². The molecule has 0 aliphatic heterocycles. The Morgan fingerprint density at radius 3 is 2.71 bits per heavy atom. The minimum Gasteiger partial charge on any atom is -0.464 e. The van der Waals surface area contributed by atoms with Crippen LogP contribution in [0.5, 0.6) is 0 Å². The summed E-state index contributed by atoms with van der Waals surface area (Å²) in [6.07, 6.45) is -2.18. The lowest BCUT2D eigenvalue weighted by Gasteiger charge is -2.27. The maximum Gasteiger partial charge on any atom is 0.344 e. The van der Waals surface area contributed by atoms with Gasteiger partial charge in [0.15, 0.2) is 0 Å². The first-order valence-corrected chi connectivity index (χ1v) is 5.57. The van der Waals surface area contributed by atoms with E-state index in [1.807, 2.05) is 0 Å². The molecule has 0 fully saturated rings. The van der Waals surface area contributed by atoms with Crippen molar-refractivity contribution in [3.05, 3.63) is 34.9 Å². The van der Waals surface area contributed by atoms with Gasteiger partial charge in [0.1, 0.15) is 5.60 Å². The Hall–Kier alpha value is -1.13. The third-order valence-corrected chi connectivity index (χ3v) is 2.74. The SMILES string of the molecule is CCOC(=O)C(F)C(C)(O)c1ccccc1Cl. The van der Waals surface area contributed by atoms with E-state index in [-0.39, 0.29) is 17.2 Å². The van der Waals surface area contributed by atoms with E-state index in [9.17, 15) is 14.3 Å². The van der Waals surface area contributed by atoms with E-state index in [2.05, 4.69) is 4.74 Å². The molecule has 2 atom stereocenters.